The van der Waals surface area contributed by atoms with Crippen molar-refractivity contribution in [2.75, 3.05) is 0 Å². The smallest absolute Gasteiger partial charge is 0.280 e. The Kier molecular flexibility index (Phi) is 5.75. The number of hydrogen-bond donors (Lipinski definition) is 1. The lowest BCUT2D eigenvalue weighted by Gasteiger charge is -2.16. The largest absolute Gasteiger partial charge is 0.471 e. The predicted molar refractivity (Wildman–Crippen MR) is 125 cm³/mol. The van der Waals surface area contributed by atoms with Crippen molar-refractivity contribution in [2.24, 2.45) is 0 Å². The fraction of sp³-hybridized carbons (Fsp3) is 0.250. The molecule has 182 valence electrons. The molecular weight excluding hydrogens is 480 g/mol. The van der Waals surface area contributed by atoms with Gasteiger partial charge in [0.15, 0.2) is 10.8 Å². The molecule has 0 fully saturated rings. The molecule has 0 saturated carbocycles. The molecule has 0 aliphatic carbocycles. The molecule has 11 heteroatoms. The summed E-state index contributed by atoms with van der Waals surface area (Å²) >= 11 is 6.24. The van der Waals surface area contributed by atoms with Gasteiger partial charge in [-0.3, -0.25) is 9.36 Å². The van der Waals surface area contributed by atoms with Crippen molar-refractivity contribution >= 4 is 11.6 Å². The second kappa shape index (κ2) is 9.20. The first-order chi connectivity index (χ1) is 17.2. The Morgan fingerprint density at radius 3 is 2.63 bits per heavy atom. The predicted octanol–water partition coefficient (Wildman–Crippen LogP) is 4.17. The summed E-state index contributed by atoms with van der Waals surface area (Å²) in [6.07, 6.45) is 3.14. The highest BCUT2D eigenvalue weighted by Gasteiger charge is 2.21. The van der Waals surface area contributed by atoms with E-state index in [9.17, 15) is 18.7 Å². The van der Waals surface area contributed by atoms with Crippen molar-refractivity contribution in [1.82, 2.24) is 24.3 Å². The molecule has 0 spiro atoms. The summed E-state index contributed by atoms with van der Waals surface area (Å²) in [6, 6.07) is 5.51. The molecule has 0 aliphatic rings. The minimum atomic E-state index is -2.81. The summed E-state index contributed by atoms with van der Waals surface area (Å²) in [4.78, 5) is 21.8. The van der Waals surface area contributed by atoms with Gasteiger partial charge in [0.1, 0.15) is 29.6 Å². The fourth-order valence-electron chi connectivity index (χ4n) is 3.26. The van der Waals surface area contributed by atoms with Gasteiger partial charge in [0.05, 0.1) is 14.1 Å². The van der Waals surface area contributed by atoms with Gasteiger partial charge in [-0.15, -0.1) is 0 Å². The van der Waals surface area contributed by atoms with Crippen LogP contribution in [0, 0.1) is 25.5 Å². The van der Waals surface area contributed by atoms with Crippen LogP contribution in [0.5, 0.6) is 5.88 Å². The Balaban J connectivity index is 1.76. The maximum absolute atomic E-state index is 14.2. The minimum absolute atomic E-state index is 0.0951. The molecule has 3 heterocycles. The molecular formula is C24H22ClF2N5O3. The third kappa shape index (κ3) is 4.94. The van der Waals surface area contributed by atoms with E-state index in [1.54, 1.807) is 39.1 Å². The molecule has 8 nitrogen and oxygen atoms in total. The number of ether oxygens (including phenoxy) is 1. The van der Waals surface area contributed by atoms with Gasteiger partial charge in [0.2, 0.25) is 5.88 Å². The number of aryl methyl sites for hydroxylation is 2. The number of rotatable bonds is 6. The van der Waals surface area contributed by atoms with E-state index in [1.807, 2.05) is 0 Å². The maximum Gasteiger partial charge on any atom is 0.280 e. The summed E-state index contributed by atoms with van der Waals surface area (Å²) in [5.74, 6) is -2.16. The van der Waals surface area contributed by atoms with E-state index in [-0.39, 0.29) is 5.82 Å². The molecule has 0 aliphatic heterocycles. The number of hydrogen-bond acceptors (Lipinski definition) is 6. The van der Waals surface area contributed by atoms with Crippen LogP contribution >= 0.6 is 11.6 Å². The monoisotopic (exact) mass is 503 g/mol. The summed E-state index contributed by atoms with van der Waals surface area (Å²) in [5.41, 5.74) is -1.13. The second-order valence-electron chi connectivity index (χ2n) is 8.28. The Hall–Kier alpha value is -3.63. The average molecular weight is 504 g/mol. The van der Waals surface area contributed by atoms with Crippen molar-refractivity contribution in [3.8, 4) is 17.4 Å². The van der Waals surface area contributed by atoms with Gasteiger partial charge in [0.25, 0.3) is 5.56 Å². The van der Waals surface area contributed by atoms with E-state index in [4.69, 9.17) is 19.1 Å². The summed E-state index contributed by atoms with van der Waals surface area (Å²) in [5, 5.41) is 14.0. The first-order valence-corrected chi connectivity index (χ1v) is 10.8. The first-order valence-electron chi connectivity index (χ1n) is 11.4. The van der Waals surface area contributed by atoms with Gasteiger partial charge in [-0.05, 0) is 51.5 Å². The van der Waals surface area contributed by atoms with Crippen LogP contribution in [0.4, 0.5) is 8.78 Å². The number of nitrogens with zero attached hydrogens (tertiary/aromatic N) is 5. The Morgan fingerprint density at radius 2 is 1.97 bits per heavy atom. The van der Waals surface area contributed by atoms with Gasteiger partial charge >= 0.3 is 0 Å². The fourth-order valence-corrected chi connectivity index (χ4v) is 3.42. The average Bonchev–Trinajstić information content (AvgIpc) is 3.29. The van der Waals surface area contributed by atoms with Crippen LogP contribution in [0.15, 0.2) is 47.5 Å². The van der Waals surface area contributed by atoms with Gasteiger partial charge in [-0.1, -0.05) is 11.6 Å². The number of halogens is 3. The van der Waals surface area contributed by atoms with E-state index >= 15 is 0 Å². The van der Waals surface area contributed by atoms with Crippen molar-refractivity contribution in [3.05, 3.63) is 92.4 Å². The van der Waals surface area contributed by atoms with E-state index in [0.29, 0.717) is 28.8 Å². The van der Waals surface area contributed by atoms with Crippen molar-refractivity contribution in [3.63, 3.8) is 0 Å². The van der Waals surface area contributed by atoms with E-state index < -0.39 is 45.8 Å². The topological polar surface area (TPSA) is 95.1 Å². The summed E-state index contributed by atoms with van der Waals surface area (Å²) < 4.78 is 51.5. The summed E-state index contributed by atoms with van der Waals surface area (Å²) in [6.45, 7) is 3.59. The number of aromatic nitrogens is 5. The lowest BCUT2D eigenvalue weighted by atomic mass is 10.1. The molecule has 0 saturated heterocycles. The highest BCUT2D eigenvalue weighted by Crippen LogP contribution is 2.24. The molecule has 3 aromatic heterocycles. The zero-order valence-corrected chi connectivity index (χ0v) is 19.9. The first kappa shape index (κ1) is 21.9. The lowest BCUT2D eigenvalue weighted by molar-refractivity contribution is 0.0734. The second-order valence-corrected chi connectivity index (χ2v) is 8.66. The third-order valence-electron chi connectivity index (χ3n) is 5.11. The molecule has 0 atom stereocenters. The van der Waals surface area contributed by atoms with Crippen molar-refractivity contribution < 1.29 is 21.4 Å². The zero-order chi connectivity index (χ0) is 27.3. The molecule has 0 amide bonds. The van der Waals surface area contributed by atoms with Gasteiger partial charge in [0, 0.05) is 30.1 Å². The highest BCUT2D eigenvalue weighted by atomic mass is 35.5. The highest BCUT2D eigenvalue weighted by molar-refractivity contribution is 6.31. The Labute approximate surface area is 207 Å². The summed E-state index contributed by atoms with van der Waals surface area (Å²) in [7, 11) is 0. The minimum Gasteiger partial charge on any atom is -0.471 e. The zero-order valence-electron chi connectivity index (χ0n) is 21.2. The number of aliphatic hydroxyl groups is 1. The SMILES string of the molecule is [2H]C([2H])(Oc1nc(C)n(-c2cc(-n3ccc(C(C)(C)O)n3)ncc2C)c(=O)c1Cl)c1ccc(F)cc1F. The van der Waals surface area contributed by atoms with Crippen LogP contribution in [0.3, 0.4) is 0 Å². The number of pyridine rings is 1. The lowest BCUT2D eigenvalue weighted by Crippen LogP contribution is -2.24. The van der Waals surface area contributed by atoms with Crippen LogP contribution in [0.1, 0.15) is 39.2 Å². The Bertz CT molecular complexity index is 1570. The van der Waals surface area contributed by atoms with Crippen LogP contribution in [0.2, 0.25) is 5.02 Å². The van der Waals surface area contributed by atoms with Crippen molar-refractivity contribution in [2.45, 2.75) is 39.9 Å². The quantitative estimate of drug-likeness (QED) is 0.424. The molecule has 1 aromatic carbocycles. The van der Waals surface area contributed by atoms with Gasteiger partial charge < -0.3 is 9.84 Å². The van der Waals surface area contributed by atoms with Gasteiger partial charge in [-0.25, -0.2) is 18.4 Å². The van der Waals surface area contributed by atoms with Crippen LogP contribution in [-0.4, -0.2) is 29.4 Å². The third-order valence-corrected chi connectivity index (χ3v) is 5.43. The maximum atomic E-state index is 14.2. The van der Waals surface area contributed by atoms with Crippen molar-refractivity contribution in [1.29, 1.82) is 0 Å². The van der Waals surface area contributed by atoms with E-state index in [1.165, 1.54) is 22.4 Å². The van der Waals surface area contributed by atoms with E-state index in [2.05, 4.69) is 15.1 Å². The van der Waals surface area contributed by atoms with Crippen LogP contribution < -0.4 is 10.3 Å². The molecule has 0 unspecified atom stereocenters. The number of benzene rings is 1. The molecule has 1 N–H and O–H groups in total. The molecule has 0 radical (unpaired) electrons. The van der Waals surface area contributed by atoms with Gasteiger partial charge in [-0.2, -0.15) is 10.1 Å². The molecule has 4 rings (SSSR count). The van der Waals surface area contributed by atoms with Crippen LogP contribution in [0.25, 0.3) is 11.5 Å². The standard InChI is InChI=1S/C24H22ClF2N5O3/c1-13-11-28-20(31-8-7-19(30-31)24(3,4)34)10-18(13)32-14(2)29-22(21(25)23(32)33)35-12-15-5-6-16(26)9-17(15)27/h5-11,34H,12H2,1-4H3/i12D2. The Morgan fingerprint density at radius 1 is 1.23 bits per heavy atom. The van der Waals surface area contributed by atoms with E-state index in [0.717, 1.165) is 12.1 Å². The van der Waals surface area contributed by atoms with Crippen LogP contribution in [-0.2, 0) is 12.2 Å². The molecule has 35 heavy (non-hydrogen) atoms. The molecule has 0 bridgehead atoms. The molecule has 4 aromatic rings. The normalized spacial score (nSPS) is 12.9.